The number of halogens is 3. The molecule has 0 radical (unpaired) electrons. The number of allylic oxidation sites excluding steroid dienone is 1. The predicted octanol–water partition coefficient (Wildman–Crippen LogP) is 6.27. The Kier molecular flexibility index (Phi) is 9.93. The molecule has 0 saturated carbocycles. The lowest BCUT2D eigenvalue weighted by Gasteiger charge is -2.13. The van der Waals surface area contributed by atoms with Crippen LogP contribution in [-0.4, -0.2) is 30.4 Å². The minimum absolute atomic E-state index is 0.240. The lowest BCUT2D eigenvalue weighted by molar-refractivity contribution is -0.149. The average Bonchev–Trinajstić information content (AvgIpc) is 2.67. The summed E-state index contributed by atoms with van der Waals surface area (Å²) in [5.74, 6) is 5.74. The predicted molar refractivity (Wildman–Crippen MR) is 126 cm³/mol. The molecule has 1 N–H and O–H groups in total. The molecule has 0 aliphatic heterocycles. The van der Waals surface area contributed by atoms with E-state index in [0.717, 1.165) is 25.6 Å². The molecule has 2 rings (SSSR count). The van der Waals surface area contributed by atoms with Gasteiger partial charge in [-0.3, -0.25) is 0 Å². The van der Waals surface area contributed by atoms with Crippen LogP contribution >= 0.6 is 43.5 Å². The van der Waals surface area contributed by atoms with Crippen molar-refractivity contribution in [2.45, 2.75) is 26.4 Å². The Labute approximate surface area is 198 Å². The van der Waals surface area contributed by atoms with Crippen molar-refractivity contribution in [1.29, 1.82) is 0 Å². The molecule has 0 spiro atoms. The van der Waals surface area contributed by atoms with Crippen LogP contribution in [0.25, 0.3) is 0 Å². The molecule has 0 aromatic heterocycles. The molecule has 0 saturated heterocycles. The number of ether oxygens (including phenoxy) is 2. The Bertz CT molecular complexity index is 972. The number of rotatable bonds is 8. The molecule has 4 nitrogen and oxygen atoms in total. The average molecular weight is 557 g/mol. The molecule has 2 aromatic rings. The second kappa shape index (κ2) is 12.2. The van der Waals surface area contributed by atoms with Crippen molar-refractivity contribution in [2.75, 3.05) is 13.2 Å². The topological polar surface area (TPSA) is 55.8 Å². The van der Waals surface area contributed by atoms with Gasteiger partial charge in [0.25, 0.3) is 0 Å². The normalized spacial score (nSPS) is 12.1. The van der Waals surface area contributed by atoms with Gasteiger partial charge in [0, 0.05) is 27.5 Å². The van der Waals surface area contributed by atoms with Crippen LogP contribution in [0.1, 0.15) is 25.0 Å². The molecular formula is C23H21Br2ClO4. The standard InChI is InChI=1S/C23H21Br2ClO4/c1-3-29-22(23(27)28)13-17-6-7-21(20(26)12-17)30-9-8-15(2)4-5-16-10-18(24)14-19(25)11-16/h6-8,10-12,14,22H,3,9,13H2,1-2H3,(H,27,28)/b15-8-/t22-/m0/s1. The first-order valence-corrected chi connectivity index (χ1v) is 11.2. The zero-order valence-electron chi connectivity index (χ0n) is 16.5. The molecule has 1 atom stereocenters. The van der Waals surface area contributed by atoms with Crippen LogP contribution in [0.2, 0.25) is 5.02 Å². The van der Waals surface area contributed by atoms with Gasteiger partial charge in [-0.25, -0.2) is 4.79 Å². The zero-order chi connectivity index (χ0) is 22.1. The van der Waals surface area contributed by atoms with Crippen molar-refractivity contribution >= 4 is 49.4 Å². The smallest absolute Gasteiger partial charge is 0.333 e. The first-order chi connectivity index (χ1) is 14.3. The monoisotopic (exact) mass is 554 g/mol. The van der Waals surface area contributed by atoms with Crippen molar-refractivity contribution in [3.8, 4) is 17.6 Å². The highest BCUT2D eigenvalue weighted by Gasteiger charge is 2.18. The van der Waals surface area contributed by atoms with Crippen molar-refractivity contribution in [3.05, 3.63) is 73.1 Å². The second-order valence-corrected chi connectivity index (χ2v) is 8.60. The minimum atomic E-state index is -0.995. The van der Waals surface area contributed by atoms with E-state index in [0.29, 0.717) is 24.0 Å². The van der Waals surface area contributed by atoms with Gasteiger partial charge in [-0.1, -0.05) is 61.4 Å². The zero-order valence-corrected chi connectivity index (χ0v) is 20.5. The largest absolute Gasteiger partial charge is 0.488 e. The summed E-state index contributed by atoms with van der Waals surface area (Å²) in [6.45, 7) is 4.32. The number of hydrogen-bond donors (Lipinski definition) is 1. The summed E-state index contributed by atoms with van der Waals surface area (Å²) in [4.78, 5) is 11.2. The highest BCUT2D eigenvalue weighted by atomic mass is 79.9. The Hall–Kier alpha value is -1.78. The third kappa shape index (κ3) is 8.16. The lowest BCUT2D eigenvalue weighted by atomic mass is 10.1. The van der Waals surface area contributed by atoms with Crippen LogP contribution in [0.5, 0.6) is 5.75 Å². The van der Waals surface area contributed by atoms with Crippen molar-refractivity contribution in [1.82, 2.24) is 0 Å². The van der Waals surface area contributed by atoms with E-state index < -0.39 is 12.1 Å². The van der Waals surface area contributed by atoms with E-state index in [2.05, 4.69) is 43.7 Å². The van der Waals surface area contributed by atoms with Gasteiger partial charge in [-0.2, -0.15) is 0 Å². The summed E-state index contributed by atoms with van der Waals surface area (Å²) < 4.78 is 12.9. The Morgan fingerprint density at radius 2 is 1.93 bits per heavy atom. The number of hydrogen-bond acceptors (Lipinski definition) is 3. The van der Waals surface area contributed by atoms with E-state index in [1.54, 1.807) is 25.1 Å². The molecule has 0 amide bonds. The maximum atomic E-state index is 11.2. The molecule has 0 bridgehead atoms. The van der Waals surface area contributed by atoms with Gasteiger partial charge in [0.05, 0.1) is 5.02 Å². The van der Waals surface area contributed by atoms with Gasteiger partial charge in [0.15, 0.2) is 6.10 Å². The van der Waals surface area contributed by atoms with Crippen LogP contribution in [0, 0.1) is 11.8 Å². The molecule has 158 valence electrons. The van der Waals surface area contributed by atoms with Crippen molar-refractivity contribution < 1.29 is 19.4 Å². The molecule has 0 aliphatic carbocycles. The van der Waals surface area contributed by atoms with Gasteiger partial charge in [0.1, 0.15) is 12.4 Å². The Morgan fingerprint density at radius 1 is 1.23 bits per heavy atom. The number of aliphatic carboxylic acids is 1. The summed E-state index contributed by atoms with van der Waals surface area (Å²) in [6.07, 6.45) is 1.22. The highest BCUT2D eigenvalue weighted by molar-refractivity contribution is 9.11. The van der Waals surface area contributed by atoms with Crippen molar-refractivity contribution in [3.63, 3.8) is 0 Å². The first kappa shape index (κ1) is 24.5. The maximum Gasteiger partial charge on any atom is 0.333 e. The summed E-state index contributed by atoms with van der Waals surface area (Å²) >= 11 is 13.2. The third-order valence-corrected chi connectivity index (χ3v) is 5.17. The van der Waals surface area contributed by atoms with Gasteiger partial charge in [-0.05, 0) is 61.4 Å². The summed E-state index contributed by atoms with van der Waals surface area (Å²) in [6, 6.07) is 11.1. The Balaban J connectivity index is 1.97. The van der Waals surface area contributed by atoms with Crippen LogP contribution in [0.15, 0.2) is 57.0 Å². The number of carbonyl (C=O) groups is 1. The fraction of sp³-hybridized carbons (Fsp3) is 0.261. The fourth-order valence-electron chi connectivity index (χ4n) is 2.53. The van der Waals surface area contributed by atoms with Gasteiger partial charge >= 0.3 is 5.97 Å². The number of carboxylic acid groups (broad SMARTS) is 1. The molecule has 0 aliphatic rings. The van der Waals surface area contributed by atoms with E-state index >= 15 is 0 Å². The van der Waals surface area contributed by atoms with Crippen molar-refractivity contribution in [2.24, 2.45) is 0 Å². The maximum absolute atomic E-state index is 11.2. The van der Waals surface area contributed by atoms with E-state index in [9.17, 15) is 9.90 Å². The Morgan fingerprint density at radius 3 is 2.53 bits per heavy atom. The quantitative estimate of drug-likeness (QED) is 0.389. The molecular weight excluding hydrogens is 536 g/mol. The van der Waals surface area contributed by atoms with E-state index in [1.807, 2.05) is 31.2 Å². The summed E-state index contributed by atoms with van der Waals surface area (Å²) in [5, 5.41) is 9.62. The van der Waals surface area contributed by atoms with Gasteiger partial charge in [-0.15, -0.1) is 0 Å². The SMILES string of the molecule is CCO[C@@H](Cc1ccc(OC/C=C(/C)C#Cc2cc(Br)cc(Br)c2)c(Cl)c1)C(=O)O. The molecule has 0 unspecified atom stereocenters. The van der Waals surface area contributed by atoms with Crippen LogP contribution in [-0.2, 0) is 16.0 Å². The third-order valence-electron chi connectivity index (χ3n) is 3.96. The second-order valence-electron chi connectivity index (χ2n) is 6.36. The molecule has 0 heterocycles. The molecule has 7 heteroatoms. The summed E-state index contributed by atoms with van der Waals surface area (Å²) in [7, 11) is 0. The highest BCUT2D eigenvalue weighted by Crippen LogP contribution is 2.26. The molecule has 30 heavy (non-hydrogen) atoms. The fourth-order valence-corrected chi connectivity index (χ4v) is 4.08. The number of benzene rings is 2. The lowest BCUT2D eigenvalue weighted by Crippen LogP contribution is -2.26. The van der Waals surface area contributed by atoms with Gasteiger partial charge < -0.3 is 14.6 Å². The van der Waals surface area contributed by atoms with Crippen LogP contribution in [0.3, 0.4) is 0 Å². The van der Waals surface area contributed by atoms with E-state index in [4.69, 9.17) is 21.1 Å². The van der Waals surface area contributed by atoms with Crippen LogP contribution in [0.4, 0.5) is 0 Å². The van der Waals surface area contributed by atoms with Gasteiger partial charge in [0.2, 0.25) is 0 Å². The van der Waals surface area contributed by atoms with Crippen LogP contribution < -0.4 is 4.74 Å². The minimum Gasteiger partial charge on any atom is -0.488 e. The first-order valence-electron chi connectivity index (χ1n) is 9.19. The van der Waals surface area contributed by atoms with E-state index in [-0.39, 0.29) is 6.42 Å². The molecule has 0 fully saturated rings. The van der Waals surface area contributed by atoms with E-state index in [1.165, 1.54) is 0 Å². The summed E-state index contributed by atoms with van der Waals surface area (Å²) in [5.41, 5.74) is 2.54. The molecule has 2 aromatic carbocycles. The number of carboxylic acids is 1.